The van der Waals surface area contributed by atoms with Crippen LogP contribution in [0.1, 0.15) is 25.3 Å². The Balaban J connectivity index is 1.71. The molecule has 0 unspecified atom stereocenters. The molecule has 0 aliphatic carbocycles. The highest BCUT2D eigenvalue weighted by molar-refractivity contribution is 5.34. The Kier molecular flexibility index (Phi) is 3.72. The summed E-state index contributed by atoms with van der Waals surface area (Å²) in [6, 6.07) is 8.23. The molecular weight excluding hydrogens is 254 g/mol. The lowest BCUT2D eigenvalue weighted by Crippen LogP contribution is -2.55. The summed E-state index contributed by atoms with van der Waals surface area (Å²) in [7, 11) is 0. The maximum atomic E-state index is 10.8. The number of fused-ring (bicyclic) bond motifs is 1. The first-order valence-corrected chi connectivity index (χ1v) is 7.36. The molecular formula is C15H21N3O2. The highest BCUT2D eigenvalue weighted by Gasteiger charge is 2.36. The van der Waals surface area contributed by atoms with Crippen LogP contribution in [0, 0.1) is 10.1 Å². The zero-order valence-electron chi connectivity index (χ0n) is 11.9. The normalized spacial score (nSPS) is 27.4. The molecule has 2 aliphatic heterocycles. The van der Waals surface area contributed by atoms with Crippen LogP contribution in [0.15, 0.2) is 24.3 Å². The van der Waals surface area contributed by atoms with Gasteiger partial charge in [0.05, 0.1) is 4.92 Å². The molecule has 2 saturated heterocycles. The van der Waals surface area contributed by atoms with E-state index in [2.05, 4.69) is 16.7 Å². The van der Waals surface area contributed by atoms with Gasteiger partial charge in [-0.25, -0.2) is 0 Å². The quantitative estimate of drug-likeness (QED) is 0.627. The molecule has 20 heavy (non-hydrogen) atoms. The average molecular weight is 275 g/mol. The van der Waals surface area contributed by atoms with Gasteiger partial charge in [-0.2, -0.15) is 0 Å². The van der Waals surface area contributed by atoms with Gasteiger partial charge in [0.2, 0.25) is 0 Å². The smallest absolute Gasteiger partial charge is 0.269 e. The van der Waals surface area contributed by atoms with Crippen molar-refractivity contribution in [1.29, 1.82) is 0 Å². The third-order valence-corrected chi connectivity index (χ3v) is 4.73. The number of nitrogens with zero attached hydrogens (tertiary/aromatic N) is 3. The third-order valence-electron chi connectivity index (χ3n) is 4.73. The lowest BCUT2D eigenvalue weighted by atomic mass is 10.0. The van der Waals surface area contributed by atoms with E-state index in [1.165, 1.54) is 19.4 Å². The molecule has 0 saturated carbocycles. The fourth-order valence-electron chi connectivity index (χ4n) is 3.61. The van der Waals surface area contributed by atoms with Crippen LogP contribution >= 0.6 is 0 Å². The van der Waals surface area contributed by atoms with Crippen LogP contribution in [0.5, 0.6) is 0 Å². The van der Waals surface area contributed by atoms with Crippen molar-refractivity contribution in [3.8, 4) is 0 Å². The SMILES string of the molecule is C[C@H]1[C@@H]2CCCN2CCN1Cc1cccc([N+](=O)[O-])c1. The Labute approximate surface area is 119 Å². The molecule has 1 aromatic rings. The van der Waals surface area contributed by atoms with Gasteiger partial charge in [-0.3, -0.25) is 19.9 Å². The van der Waals surface area contributed by atoms with Crippen molar-refractivity contribution in [3.63, 3.8) is 0 Å². The van der Waals surface area contributed by atoms with E-state index in [0.717, 1.165) is 25.2 Å². The van der Waals surface area contributed by atoms with Gasteiger partial charge >= 0.3 is 0 Å². The predicted molar refractivity (Wildman–Crippen MR) is 77.6 cm³/mol. The number of rotatable bonds is 3. The van der Waals surface area contributed by atoms with E-state index in [9.17, 15) is 10.1 Å². The molecule has 2 fully saturated rings. The van der Waals surface area contributed by atoms with Crippen molar-refractivity contribution in [3.05, 3.63) is 39.9 Å². The van der Waals surface area contributed by atoms with Crippen LogP contribution < -0.4 is 0 Å². The molecule has 5 nitrogen and oxygen atoms in total. The van der Waals surface area contributed by atoms with Gasteiger partial charge in [0.1, 0.15) is 0 Å². The van der Waals surface area contributed by atoms with Crippen LogP contribution in [-0.4, -0.2) is 46.4 Å². The highest BCUT2D eigenvalue weighted by Crippen LogP contribution is 2.28. The largest absolute Gasteiger partial charge is 0.298 e. The number of hydrogen-bond donors (Lipinski definition) is 0. The van der Waals surface area contributed by atoms with Crippen molar-refractivity contribution in [1.82, 2.24) is 9.80 Å². The van der Waals surface area contributed by atoms with Crippen molar-refractivity contribution in [2.24, 2.45) is 0 Å². The molecule has 5 heteroatoms. The standard InChI is InChI=1S/C15H21N3O2/c1-12-15-6-3-7-16(15)8-9-17(12)11-13-4-2-5-14(10-13)18(19)20/h2,4-5,10,12,15H,3,6-9,11H2,1H3/t12-,15-/m0/s1. The summed E-state index contributed by atoms with van der Waals surface area (Å²) in [5.74, 6) is 0. The number of benzene rings is 1. The van der Waals surface area contributed by atoms with Crippen molar-refractivity contribution < 1.29 is 4.92 Å². The molecule has 0 aromatic heterocycles. The second-order valence-corrected chi connectivity index (χ2v) is 5.88. The number of nitro benzene ring substituents is 1. The van der Waals surface area contributed by atoms with Crippen molar-refractivity contribution in [2.45, 2.75) is 38.4 Å². The topological polar surface area (TPSA) is 49.6 Å². The minimum absolute atomic E-state index is 0.189. The first kappa shape index (κ1) is 13.5. The molecule has 3 rings (SSSR count). The number of piperazine rings is 1. The summed E-state index contributed by atoms with van der Waals surface area (Å²) in [5, 5.41) is 10.8. The van der Waals surface area contributed by atoms with Crippen LogP contribution in [-0.2, 0) is 6.54 Å². The maximum absolute atomic E-state index is 10.8. The molecule has 1 aromatic carbocycles. The molecule has 0 radical (unpaired) electrons. The van der Waals surface area contributed by atoms with Crippen LogP contribution in [0.3, 0.4) is 0 Å². The fraction of sp³-hybridized carbons (Fsp3) is 0.600. The van der Waals surface area contributed by atoms with E-state index >= 15 is 0 Å². The minimum Gasteiger partial charge on any atom is -0.298 e. The van der Waals surface area contributed by atoms with Crippen LogP contribution in [0.4, 0.5) is 5.69 Å². The zero-order valence-corrected chi connectivity index (χ0v) is 11.9. The Hall–Kier alpha value is -1.46. The lowest BCUT2D eigenvalue weighted by molar-refractivity contribution is -0.384. The number of hydrogen-bond acceptors (Lipinski definition) is 4. The van der Waals surface area contributed by atoms with E-state index in [0.29, 0.717) is 12.1 Å². The number of non-ortho nitro benzene ring substituents is 1. The van der Waals surface area contributed by atoms with Gasteiger partial charge in [0.15, 0.2) is 0 Å². The van der Waals surface area contributed by atoms with Crippen LogP contribution in [0.25, 0.3) is 0 Å². The monoisotopic (exact) mass is 275 g/mol. The fourth-order valence-corrected chi connectivity index (χ4v) is 3.61. The van der Waals surface area contributed by atoms with E-state index in [4.69, 9.17) is 0 Å². The van der Waals surface area contributed by atoms with E-state index in [-0.39, 0.29) is 10.6 Å². The van der Waals surface area contributed by atoms with Gasteiger partial charge in [-0.05, 0) is 31.9 Å². The van der Waals surface area contributed by atoms with E-state index < -0.39 is 0 Å². The molecule has 2 atom stereocenters. The molecule has 0 spiro atoms. The average Bonchev–Trinajstić information content (AvgIpc) is 2.91. The minimum atomic E-state index is -0.318. The molecule has 108 valence electrons. The van der Waals surface area contributed by atoms with Gasteiger partial charge in [-0.15, -0.1) is 0 Å². The molecule has 0 amide bonds. The Bertz CT molecular complexity index is 506. The Morgan fingerprint density at radius 1 is 1.35 bits per heavy atom. The van der Waals surface area contributed by atoms with Gasteiger partial charge in [0.25, 0.3) is 5.69 Å². The summed E-state index contributed by atoms with van der Waals surface area (Å²) < 4.78 is 0. The predicted octanol–water partition coefficient (Wildman–Crippen LogP) is 2.26. The summed E-state index contributed by atoms with van der Waals surface area (Å²) in [6.45, 7) is 6.52. The summed E-state index contributed by atoms with van der Waals surface area (Å²) >= 11 is 0. The van der Waals surface area contributed by atoms with Gasteiger partial charge < -0.3 is 0 Å². The number of nitro groups is 1. The Morgan fingerprint density at radius 3 is 3.00 bits per heavy atom. The zero-order chi connectivity index (χ0) is 14.1. The van der Waals surface area contributed by atoms with E-state index in [1.54, 1.807) is 18.2 Å². The second-order valence-electron chi connectivity index (χ2n) is 5.88. The second kappa shape index (κ2) is 5.50. The molecule has 2 aliphatic rings. The highest BCUT2D eigenvalue weighted by atomic mass is 16.6. The third kappa shape index (κ3) is 2.55. The first-order chi connectivity index (χ1) is 9.65. The molecule has 2 heterocycles. The summed E-state index contributed by atoms with van der Waals surface area (Å²) in [5.41, 5.74) is 1.23. The summed E-state index contributed by atoms with van der Waals surface area (Å²) in [4.78, 5) is 15.6. The van der Waals surface area contributed by atoms with E-state index in [1.807, 2.05) is 6.07 Å². The maximum Gasteiger partial charge on any atom is 0.269 e. The summed E-state index contributed by atoms with van der Waals surface area (Å²) in [6.07, 6.45) is 2.59. The van der Waals surface area contributed by atoms with Crippen LogP contribution in [0.2, 0.25) is 0 Å². The first-order valence-electron chi connectivity index (χ1n) is 7.36. The van der Waals surface area contributed by atoms with Gasteiger partial charge in [-0.1, -0.05) is 12.1 Å². The van der Waals surface area contributed by atoms with Gasteiger partial charge in [0, 0.05) is 43.9 Å². The molecule has 0 bridgehead atoms. The lowest BCUT2D eigenvalue weighted by Gasteiger charge is -2.43. The molecule has 0 N–H and O–H groups in total. The van der Waals surface area contributed by atoms with Crippen molar-refractivity contribution >= 4 is 5.69 Å². The Morgan fingerprint density at radius 2 is 2.20 bits per heavy atom. The van der Waals surface area contributed by atoms with Crippen molar-refractivity contribution in [2.75, 3.05) is 19.6 Å².